The van der Waals surface area contributed by atoms with Crippen LogP contribution >= 0.6 is 11.3 Å². The van der Waals surface area contributed by atoms with Crippen molar-refractivity contribution >= 4 is 22.9 Å². The van der Waals surface area contributed by atoms with Crippen molar-refractivity contribution in [3.8, 4) is 5.75 Å². The Kier molecular flexibility index (Phi) is 5.64. The van der Waals surface area contributed by atoms with Crippen molar-refractivity contribution in [3.63, 3.8) is 0 Å². The van der Waals surface area contributed by atoms with Gasteiger partial charge in [-0.2, -0.15) is 13.2 Å². The number of rotatable bonds is 5. The highest BCUT2D eigenvalue weighted by Crippen LogP contribution is 2.30. The molecule has 0 spiro atoms. The predicted octanol–water partition coefficient (Wildman–Crippen LogP) is 5.44. The van der Waals surface area contributed by atoms with E-state index in [1.807, 2.05) is 0 Å². The number of halogens is 4. The topological polar surface area (TPSA) is 51.2 Å². The van der Waals surface area contributed by atoms with Crippen LogP contribution < -0.4 is 10.1 Å². The molecule has 1 N–H and O–H groups in total. The van der Waals surface area contributed by atoms with Crippen LogP contribution in [0.1, 0.15) is 25.9 Å². The molecule has 0 saturated heterocycles. The second-order valence-electron chi connectivity index (χ2n) is 5.79. The molecular weight excluding hydrogens is 396 g/mol. The number of aromatic nitrogens is 1. The lowest BCUT2D eigenvalue weighted by atomic mass is 10.2. The molecule has 1 aromatic heterocycles. The van der Waals surface area contributed by atoms with E-state index in [1.165, 1.54) is 36.4 Å². The molecule has 0 atom stereocenters. The maximum Gasteiger partial charge on any atom is 0.416 e. The number of anilines is 1. The molecule has 1 amide bonds. The number of thiazole rings is 1. The Labute approximate surface area is 161 Å². The second kappa shape index (κ2) is 7.97. The highest BCUT2D eigenvalue weighted by atomic mass is 32.1. The largest absolute Gasteiger partial charge is 0.486 e. The lowest BCUT2D eigenvalue weighted by molar-refractivity contribution is -0.137. The van der Waals surface area contributed by atoms with E-state index < -0.39 is 17.6 Å². The number of carbonyl (C=O) groups is 1. The number of benzene rings is 2. The van der Waals surface area contributed by atoms with Crippen LogP contribution in [0, 0.1) is 12.7 Å². The fourth-order valence-electron chi connectivity index (χ4n) is 2.33. The van der Waals surface area contributed by atoms with Gasteiger partial charge in [0.15, 0.2) is 0 Å². The number of nitrogens with one attached hydrogen (secondary N) is 1. The van der Waals surface area contributed by atoms with E-state index >= 15 is 0 Å². The molecule has 3 aromatic rings. The highest BCUT2D eigenvalue weighted by Gasteiger charge is 2.30. The zero-order chi connectivity index (χ0) is 20.3. The van der Waals surface area contributed by atoms with E-state index in [9.17, 15) is 22.4 Å². The van der Waals surface area contributed by atoms with Crippen molar-refractivity contribution in [2.45, 2.75) is 19.7 Å². The van der Waals surface area contributed by atoms with E-state index in [0.717, 1.165) is 23.5 Å². The Hall–Kier alpha value is -2.94. The Morgan fingerprint density at radius 1 is 1.11 bits per heavy atom. The Morgan fingerprint density at radius 2 is 1.75 bits per heavy atom. The van der Waals surface area contributed by atoms with Crippen molar-refractivity contribution < 1.29 is 27.1 Å². The zero-order valence-corrected chi connectivity index (χ0v) is 15.3. The van der Waals surface area contributed by atoms with Gasteiger partial charge in [-0.05, 0) is 55.5 Å². The Morgan fingerprint density at radius 3 is 2.36 bits per heavy atom. The number of ether oxygens (including phenoxy) is 1. The lowest BCUT2D eigenvalue weighted by Gasteiger charge is -2.08. The zero-order valence-electron chi connectivity index (χ0n) is 14.5. The number of amides is 1. The minimum absolute atomic E-state index is 0.102. The maximum absolute atomic E-state index is 12.9. The van der Waals surface area contributed by atoms with E-state index in [-0.39, 0.29) is 18.1 Å². The quantitative estimate of drug-likeness (QED) is 0.570. The average molecular weight is 410 g/mol. The molecule has 28 heavy (non-hydrogen) atoms. The number of hydrogen-bond donors (Lipinski definition) is 1. The van der Waals surface area contributed by atoms with Gasteiger partial charge in [0.2, 0.25) is 0 Å². The fourth-order valence-corrected chi connectivity index (χ4v) is 3.20. The van der Waals surface area contributed by atoms with Crippen molar-refractivity contribution in [2.75, 3.05) is 5.32 Å². The third kappa shape index (κ3) is 4.86. The molecule has 9 heteroatoms. The second-order valence-corrected chi connectivity index (χ2v) is 6.88. The van der Waals surface area contributed by atoms with Crippen LogP contribution in [-0.4, -0.2) is 10.9 Å². The molecule has 0 aliphatic rings. The van der Waals surface area contributed by atoms with Crippen LogP contribution in [0.4, 0.5) is 23.2 Å². The molecule has 0 unspecified atom stereocenters. The molecule has 0 aliphatic heterocycles. The maximum atomic E-state index is 12.9. The van der Waals surface area contributed by atoms with Crippen LogP contribution in [0.5, 0.6) is 5.75 Å². The van der Waals surface area contributed by atoms with Gasteiger partial charge in [0.25, 0.3) is 5.91 Å². The first-order valence-corrected chi connectivity index (χ1v) is 8.87. The van der Waals surface area contributed by atoms with E-state index in [1.54, 1.807) is 6.92 Å². The number of hydrogen-bond acceptors (Lipinski definition) is 4. The van der Waals surface area contributed by atoms with Crippen LogP contribution in [0.25, 0.3) is 0 Å². The van der Waals surface area contributed by atoms with Gasteiger partial charge in [0.05, 0.1) is 11.3 Å². The molecule has 146 valence electrons. The normalized spacial score (nSPS) is 11.3. The van der Waals surface area contributed by atoms with Crippen molar-refractivity contribution in [1.29, 1.82) is 0 Å². The first-order valence-electron chi connectivity index (χ1n) is 8.05. The summed E-state index contributed by atoms with van der Waals surface area (Å²) in [6, 6.07) is 9.68. The van der Waals surface area contributed by atoms with Gasteiger partial charge in [0, 0.05) is 5.69 Å². The summed E-state index contributed by atoms with van der Waals surface area (Å²) >= 11 is 1.11. The molecule has 0 fully saturated rings. The summed E-state index contributed by atoms with van der Waals surface area (Å²) in [6.07, 6.45) is -4.43. The van der Waals surface area contributed by atoms with Gasteiger partial charge in [-0.3, -0.25) is 4.79 Å². The molecule has 3 rings (SSSR count). The molecule has 1 heterocycles. The first kappa shape index (κ1) is 19.8. The first-order chi connectivity index (χ1) is 13.2. The molecule has 0 aliphatic carbocycles. The molecule has 2 aromatic carbocycles. The highest BCUT2D eigenvalue weighted by molar-refractivity contribution is 7.13. The third-order valence-corrected chi connectivity index (χ3v) is 4.82. The number of nitrogens with zero attached hydrogens (tertiary/aromatic N) is 1. The minimum atomic E-state index is -4.43. The summed E-state index contributed by atoms with van der Waals surface area (Å²) < 4.78 is 56.2. The third-order valence-electron chi connectivity index (χ3n) is 3.69. The molecule has 0 bridgehead atoms. The number of aryl methyl sites for hydroxylation is 1. The van der Waals surface area contributed by atoms with Gasteiger partial charge >= 0.3 is 6.18 Å². The van der Waals surface area contributed by atoms with Crippen LogP contribution in [0.15, 0.2) is 48.5 Å². The Balaban J connectivity index is 1.65. The van der Waals surface area contributed by atoms with Crippen molar-refractivity contribution in [3.05, 3.63) is 75.5 Å². The minimum Gasteiger partial charge on any atom is -0.486 e. The standard InChI is InChI=1S/C19H14F4N2O2S/c1-11-17(18(26)25-14-6-2-12(3-7-14)19(21,22)23)28-16(24-11)10-27-15-8-4-13(20)5-9-15/h2-9H,10H2,1H3,(H,25,26). The van der Waals surface area contributed by atoms with Crippen LogP contribution in [0.3, 0.4) is 0 Å². The molecule has 0 radical (unpaired) electrons. The summed E-state index contributed by atoms with van der Waals surface area (Å²) in [5.41, 5.74) is -0.0678. The van der Waals surface area contributed by atoms with E-state index in [0.29, 0.717) is 21.3 Å². The lowest BCUT2D eigenvalue weighted by Crippen LogP contribution is -2.12. The van der Waals surface area contributed by atoms with Gasteiger partial charge in [-0.25, -0.2) is 9.37 Å². The van der Waals surface area contributed by atoms with Gasteiger partial charge in [-0.15, -0.1) is 11.3 Å². The summed E-state index contributed by atoms with van der Waals surface area (Å²) in [6.45, 7) is 1.75. The summed E-state index contributed by atoms with van der Waals surface area (Å²) in [5, 5.41) is 3.09. The van der Waals surface area contributed by atoms with E-state index in [4.69, 9.17) is 4.74 Å². The smallest absolute Gasteiger partial charge is 0.416 e. The van der Waals surface area contributed by atoms with Crippen molar-refractivity contribution in [1.82, 2.24) is 4.98 Å². The fraction of sp³-hybridized carbons (Fsp3) is 0.158. The van der Waals surface area contributed by atoms with Gasteiger partial charge in [-0.1, -0.05) is 0 Å². The van der Waals surface area contributed by atoms with E-state index in [2.05, 4.69) is 10.3 Å². The summed E-state index contributed by atoms with van der Waals surface area (Å²) in [5.74, 6) is -0.382. The van der Waals surface area contributed by atoms with Gasteiger partial charge < -0.3 is 10.1 Å². The number of alkyl halides is 3. The monoisotopic (exact) mass is 410 g/mol. The SMILES string of the molecule is Cc1nc(COc2ccc(F)cc2)sc1C(=O)Nc1ccc(C(F)(F)F)cc1. The molecule has 4 nitrogen and oxygen atoms in total. The van der Waals surface area contributed by atoms with Gasteiger partial charge in [0.1, 0.15) is 28.1 Å². The van der Waals surface area contributed by atoms with Crippen LogP contribution in [0.2, 0.25) is 0 Å². The Bertz CT molecular complexity index is 967. The van der Waals surface area contributed by atoms with Crippen molar-refractivity contribution in [2.24, 2.45) is 0 Å². The summed E-state index contributed by atoms with van der Waals surface area (Å²) in [4.78, 5) is 17.0. The number of carbonyl (C=O) groups excluding carboxylic acids is 1. The van der Waals surface area contributed by atoms with Crippen LogP contribution in [-0.2, 0) is 12.8 Å². The molecule has 0 saturated carbocycles. The summed E-state index contributed by atoms with van der Waals surface area (Å²) in [7, 11) is 0. The average Bonchev–Trinajstić information content (AvgIpc) is 3.02. The molecular formula is C19H14F4N2O2S. The predicted molar refractivity (Wildman–Crippen MR) is 97.0 cm³/mol.